The Bertz CT molecular complexity index is 1210. The minimum atomic E-state index is -0.876. The smallest absolute Gasteiger partial charge is 0.330 e. The molecule has 238 valence electrons. The SMILES string of the molecule is CC[C@@H]1C/C=C/C(=O)OC([C@H](C)[C@H](OC)/C(C)=C/C=C/C(C)=C/c2coc(C)n2)C[C@H](O)[C@]2(C)O[C@@H]2/C=C/[C@@H](C)[C@H](O)C1. The van der Waals surface area contributed by atoms with Crippen molar-refractivity contribution in [2.24, 2.45) is 17.8 Å². The van der Waals surface area contributed by atoms with Gasteiger partial charge in [0, 0.05) is 38.4 Å². The molecule has 3 heterocycles. The number of cyclic esters (lactones) is 1. The van der Waals surface area contributed by atoms with Gasteiger partial charge in [0.2, 0.25) is 0 Å². The van der Waals surface area contributed by atoms with Crippen LogP contribution in [0.15, 0.2) is 64.4 Å². The zero-order valence-corrected chi connectivity index (χ0v) is 27.0. The molecule has 0 amide bonds. The summed E-state index contributed by atoms with van der Waals surface area (Å²) in [6.07, 6.45) is 16.5. The summed E-state index contributed by atoms with van der Waals surface area (Å²) in [6.45, 7) is 13.7. The van der Waals surface area contributed by atoms with E-state index >= 15 is 0 Å². The number of carbonyl (C=O) groups excluding carboxylic acids is 1. The average molecular weight is 598 g/mol. The molecule has 1 aromatic rings. The summed E-state index contributed by atoms with van der Waals surface area (Å²) in [5.74, 6) is 0.101. The van der Waals surface area contributed by atoms with Gasteiger partial charge in [-0.1, -0.05) is 63.6 Å². The molecule has 8 heteroatoms. The first kappa shape index (κ1) is 34.7. The summed E-state index contributed by atoms with van der Waals surface area (Å²) >= 11 is 0. The van der Waals surface area contributed by atoms with Gasteiger partial charge < -0.3 is 28.8 Å². The van der Waals surface area contributed by atoms with Crippen LogP contribution in [-0.4, -0.2) is 64.4 Å². The maximum atomic E-state index is 13.0. The van der Waals surface area contributed by atoms with Crippen LogP contribution in [0.4, 0.5) is 0 Å². The number of aryl methyl sites for hydroxylation is 1. The van der Waals surface area contributed by atoms with Gasteiger partial charge >= 0.3 is 5.97 Å². The highest BCUT2D eigenvalue weighted by atomic mass is 16.6. The van der Waals surface area contributed by atoms with E-state index < -0.39 is 29.9 Å². The molecule has 2 aliphatic rings. The molecule has 0 aliphatic carbocycles. The fourth-order valence-electron chi connectivity index (χ4n) is 5.68. The average Bonchev–Trinajstić information content (AvgIpc) is 3.46. The van der Waals surface area contributed by atoms with Gasteiger partial charge in [-0.25, -0.2) is 9.78 Å². The summed E-state index contributed by atoms with van der Waals surface area (Å²) in [4.78, 5) is 17.3. The van der Waals surface area contributed by atoms with Crippen LogP contribution in [0.25, 0.3) is 6.08 Å². The third-order valence-corrected chi connectivity index (χ3v) is 8.84. The van der Waals surface area contributed by atoms with Crippen LogP contribution >= 0.6 is 0 Å². The Hall–Kier alpha value is -2.78. The second-order valence-corrected chi connectivity index (χ2v) is 12.4. The molecule has 0 spiro atoms. The molecule has 9 atom stereocenters. The first-order valence-electron chi connectivity index (χ1n) is 15.4. The van der Waals surface area contributed by atoms with Crippen molar-refractivity contribution < 1.29 is 33.6 Å². The van der Waals surface area contributed by atoms with E-state index in [-0.39, 0.29) is 36.4 Å². The number of aliphatic hydroxyl groups is 2. The van der Waals surface area contributed by atoms with Crippen molar-refractivity contribution in [2.75, 3.05) is 7.11 Å². The minimum Gasteiger partial charge on any atom is -0.459 e. The van der Waals surface area contributed by atoms with Crippen LogP contribution in [0.2, 0.25) is 0 Å². The van der Waals surface area contributed by atoms with Gasteiger partial charge in [-0.2, -0.15) is 0 Å². The third kappa shape index (κ3) is 9.86. The van der Waals surface area contributed by atoms with Crippen molar-refractivity contribution in [3.8, 4) is 0 Å². The molecule has 1 unspecified atom stereocenters. The summed E-state index contributed by atoms with van der Waals surface area (Å²) in [5.41, 5.74) is 1.93. The second-order valence-electron chi connectivity index (χ2n) is 12.4. The van der Waals surface area contributed by atoms with Gasteiger partial charge in [-0.3, -0.25) is 0 Å². The van der Waals surface area contributed by atoms with Gasteiger partial charge in [-0.05, 0) is 56.8 Å². The number of methoxy groups -OCH3 is 1. The third-order valence-electron chi connectivity index (χ3n) is 8.84. The van der Waals surface area contributed by atoms with Crippen LogP contribution in [0.1, 0.15) is 78.8 Å². The van der Waals surface area contributed by atoms with Gasteiger partial charge in [0.25, 0.3) is 0 Å². The lowest BCUT2D eigenvalue weighted by molar-refractivity contribution is -0.150. The molecule has 8 nitrogen and oxygen atoms in total. The van der Waals surface area contributed by atoms with E-state index in [4.69, 9.17) is 18.6 Å². The second kappa shape index (κ2) is 15.8. The Morgan fingerprint density at radius 2 is 2.00 bits per heavy atom. The lowest BCUT2D eigenvalue weighted by atomic mass is 9.85. The molecule has 1 fully saturated rings. The predicted octanol–water partition coefficient (Wildman–Crippen LogP) is 6.29. The van der Waals surface area contributed by atoms with E-state index in [1.54, 1.807) is 13.4 Å². The zero-order chi connectivity index (χ0) is 31.7. The Morgan fingerprint density at radius 1 is 1.26 bits per heavy atom. The van der Waals surface area contributed by atoms with Crippen molar-refractivity contribution in [2.45, 2.75) is 110 Å². The number of aromatic nitrogens is 1. The van der Waals surface area contributed by atoms with Crippen LogP contribution in [0.3, 0.4) is 0 Å². The largest absolute Gasteiger partial charge is 0.459 e. The number of carbonyl (C=O) groups is 1. The number of epoxide rings is 1. The Balaban J connectivity index is 1.80. The van der Waals surface area contributed by atoms with Crippen LogP contribution in [0.5, 0.6) is 0 Å². The lowest BCUT2D eigenvalue weighted by Crippen LogP contribution is -2.41. The Morgan fingerprint density at radius 3 is 2.65 bits per heavy atom. The molecule has 0 bridgehead atoms. The maximum Gasteiger partial charge on any atom is 0.330 e. The number of esters is 1. The van der Waals surface area contributed by atoms with Crippen molar-refractivity contribution in [3.05, 3.63) is 71.5 Å². The van der Waals surface area contributed by atoms with E-state index in [0.717, 1.165) is 23.3 Å². The normalized spacial score (nSPS) is 34.3. The van der Waals surface area contributed by atoms with Crippen LogP contribution in [-0.2, 0) is 19.0 Å². The minimum absolute atomic E-state index is 0.0497. The number of rotatable bonds is 8. The number of allylic oxidation sites excluding steroid dienone is 5. The topological polar surface area (TPSA) is 115 Å². The summed E-state index contributed by atoms with van der Waals surface area (Å²) in [5, 5.41) is 22.0. The highest BCUT2D eigenvalue weighted by molar-refractivity contribution is 5.82. The molecule has 2 N–H and O–H groups in total. The fraction of sp³-hybridized carbons (Fsp3) is 0.600. The number of fused-ring (bicyclic) bond motifs is 1. The Kier molecular flexibility index (Phi) is 12.8. The molecule has 3 rings (SSSR count). The molecule has 1 saturated heterocycles. The van der Waals surface area contributed by atoms with Gasteiger partial charge in [-0.15, -0.1) is 0 Å². The zero-order valence-electron chi connectivity index (χ0n) is 27.0. The monoisotopic (exact) mass is 597 g/mol. The number of ether oxygens (including phenoxy) is 3. The summed E-state index contributed by atoms with van der Waals surface area (Å²) < 4.78 is 23.1. The van der Waals surface area contributed by atoms with Gasteiger partial charge in [0.05, 0.1) is 18.3 Å². The molecule has 0 aromatic carbocycles. The molecule has 2 aliphatic heterocycles. The van der Waals surface area contributed by atoms with Crippen LogP contribution in [0, 0.1) is 24.7 Å². The number of aliphatic hydroxyl groups excluding tert-OH is 2. The summed E-state index contributed by atoms with van der Waals surface area (Å²) in [6, 6.07) is 0. The van der Waals surface area contributed by atoms with Gasteiger partial charge in [0.15, 0.2) is 5.89 Å². The number of hydrogen-bond donors (Lipinski definition) is 2. The highest BCUT2D eigenvalue weighted by Gasteiger charge is 2.56. The first-order chi connectivity index (χ1) is 20.4. The molecular weight excluding hydrogens is 546 g/mol. The Labute approximate surface area is 257 Å². The molecule has 1 aromatic heterocycles. The van der Waals surface area contributed by atoms with E-state index in [1.165, 1.54) is 6.08 Å². The predicted molar refractivity (Wildman–Crippen MR) is 168 cm³/mol. The van der Waals surface area contributed by atoms with E-state index in [2.05, 4.69) is 11.9 Å². The highest BCUT2D eigenvalue weighted by Crippen LogP contribution is 2.43. The first-order valence-corrected chi connectivity index (χ1v) is 15.4. The molecule has 0 saturated carbocycles. The standard InChI is InChI=1S/C35H51NO7/c1-9-27-14-11-15-33(39)42-30(20-31(38)35(7)32(43-35)17-16-23(3)29(37)19-27)25(5)34(40-8)24(4)13-10-12-22(2)18-28-21-41-26(6)36-28/h10-13,15-18,21,23,25,27,29-32,34,37-38H,9,14,19-20H2,1-8H3/b12-10+,15-11+,17-16+,22-18+,24-13+/t23-,25+,27-,29-,30?,31+,32-,34-,35+/m1/s1. The van der Waals surface area contributed by atoms with E-state index in [9.17, 15) is 15.0 Å². The number of nitrogens with zero attached hydrogens (tertiary/aromatic N) is 1. The van der Waals surface area contributed by atoms with Gasteiger partial charge in [0.1, 0.15) is 29.8 Å². The van der Waals surface area contributed by atoms with E-state index in [1.807, 2.05) is 84.1 Å². The van der Waals surface area contributed by atoms with Crippen molar-refractivity contribution in [3.63, 3.8) is 0 Å². The molecule has 0 radical (unpaired) electrons. The van der Waals surface area contributed by atoms with Crippen molar-refractivity contribution >= 4 is 12.0 Å². The molecular formula is C35H51NO7. The van der Waals surface area contributed by atoms with E-state index in [0.29, 0.717) is 18.7 Å². The number of oxazole rings is 1. The van der Waals surface area contributed by atoms with Crippen molar-refractivity contribution in [1.29, 1.82) is 0 Å². The van der Waals surface area contributed by atoms with Crippen LogP contribution < -0.4 is 0 Å². The maximum absolute atomic E-state index is 13.0. The molecule has 43 heavy (non-hydrogen) atoms. The number of hydrogen-bond acceptors (Lipinski definition) is 8. The fourth-order valence-corrected chi connectivity index (χ4v) is 5.68. The summed E-state index contributed by atoms with van der Waals surface area (Å²) in [7, 11) is 1.64. The lowest BCUT2D eigenvalue weighted by Gasteiger charge is -2.32. The quantitative estimate of drug-likeness (QED) is 0.156. The van der Waals surface area contributed by atoms with Crippen molar-refractivity contribution in [1.82, 2.24) is 4.98 Å².